The summed E-state index contributed by atoms with van der Waals surface area (Å²) >= 11 is 1.44. The Morgan fingerprint density at radius 3 is 2.45 bits per heavy atom. The molecule has 0 radical (unpaired) electrons. The van der Waals surface area contributed by atoms with Crippen molar-refractivity contribution in [2.24, 2.45) is 7.05 Å². The second-order valence-electron chi connectivity index (χ2n) is 9.75. The molecular weight excluding hydrogens is 410 g/mol. The molecule has 0 amide bonds. The fourth-order valence-electron chi connectivity index (χ4n) is 5.03. The van der Waals surface area contributed by atoms with Crippen molar-refractivity contribution in [3.05, 3.63) is 34.6 Å². The Bertz CT molecular complexity index is 1160. The lowest BCUT2D eigenvalue weighted by molar-refractivity contribution is 0.161. The number of fused-ring (bicyclic) bond motifs is 1. The van der Waals surface area contributed by atoms with Gasteiger partial charge in [0.1, 0.15) is 11.3 Å². The van der Waals surface area contributed by atoms with Crippen molar-refractivity contribution < 1.29 is 4.74 Å². The molecule has 3 aromatic rings. The van der Waals surface area contributed by atoms with E-state index in [0.717, 1.165) is 28.9 Å². The number of nitrogens with one attached hydrogen (secondary N) is 1. The number of anilines is 1. The Morgan fingerprint density at radius 1 is 1.16 bits per heavy atom. The molecule has 3 heterocycles. The zero-order valence-corrected chi connectivity index (χ0v) is 20.1. The maximum atomic E-state index is 13.2. The largest absolute Gasteiger partial charge is 0.495 e. The van der Waals surface area contributed by atoms with Gasteiger partial charge in [-0.15, -0.1) is 10.2 Å². The molecule has 2 aromatic heterocycles. The van der Waals surface area contributed by atoms with Crippen LogP contribution in [0.2, 0.25) is 0 Å². The summed E-state index contributed by atoms with van der Waals surface area (Å²) in [6, 6.07) is 8.07. The molecule has 1 aromatic carbocycles. The molecule has 4 rings (SSSR count). The van der Waals surface area contributed by atoms with Gasteiger partial charge in [-0.2, -0.15) is 0 Å². The summed E-state index contributed by atoms with van der Waals surface area (Å²) in [6.45, 7) is 8.96. The van der Waals surface area contributed by atoms with Gasteiger partial charge in [0.15, 0.2) is 5.01 Å². The minimum absolute atomic E-state index is 0.0334. The van der Waals surface area contributed by atoms with Crippen molar-refractivity contribution in [2.75, 3.05) is 19.1 Å². The van der Waals surface area contributed by atoms with Crippen LogP contribution in [-0.4, -0.2) is 46.0 Å². The molecule has 1 aliphatic heterocycles. The van der Waals surface area contributed by atoms with E-state index < -0.39 is 0 Å². The first-order valence-electron chi connectivity index (χ1n) is 10.5. The van der Waals surface area contributed by atoms with Crippen LogP contribution in [0.5, 0.6) is 5.75 Å². The van der Waals surface area contributed by atoms with Gasteiger partial charge in [0.05, 0.1) is 12.6 Å². The molecule has 1 N–H and O–H groups in total. The summed E-state index contributed by atoms with van der Waals surface area (Å²) in [7, 11) is 5.45. The van der Waals surface area contributed by atoms with Crippen LogP contribution in [0.1, 0.15) is 40.5 Å². The highest BCUT2D eigenvalue weighted by atomic mass is 32.1. The Kier molecular flexibility index (Phi) is 5.34. The molecule has 31 heavy (non-hydrogen) atoms. The van der Waals surface area contributed by atoms with Crippen molar-refractivity contribution >= 4 is 27.4 Å². The van der Waals surface area contributed by atoms with Gasteiger partial charge in [-0.1, -0.05) is 23.5 Å². The maximum absolute atomic E-state index is 13.2. The van der Waals surface area contributed by atoms with Gasteiger partial charge < -0.3 is 19.5 Å². The van der Waals surface area contributed by atoms with Gasteiger partial charge in [0.25, 0.3) is 5.56 Å². The molecule has 0 aliphatic carbocycles. The van der Waals surface area contributed by atoms with Gasteiger partial charge in [-0.3, -0.25) is 4.79 Å². The number of aromatic nitrogens is 3. The van der Waals surface area contributed by atoms with Crippen LogP contribution < -0.4 is 20.5 Å². The summed E-state index contributed by atoms with van der Waals surface area (Å²) in [5.41, 5.74) is 1.23. The molecular formula is C23H31N5O2S. The van der Waals surface area contributed by atoms with Crippen molar-refractivity contribution in [3.8, 4) is 16.3 Å². The van der Waals surface area contributed by atoms with Crippen LogP contribution in [-0.2, 0) is 7.05 Å². The number of methoxy groups -OCH3 is 1. The third-order valence-corrected chi connectivity index (χ3v) is 7.14. The van der Waals surface area contributed by atoms with Crippen molar-refractivity contribution in [2.45, 2.75) is 57.7 Å². The number of aryl methyl sites for hydroxylation is 1. The number of rotatable bonds is 4. The molecule has 1 aliphatic rings. The van der Waals surface area contributed by atoms with E-state index >= 15 is 0 Å². The first-order chi connectivity index (χ1) is 14.5. The fourth-order valence-corrected chi connectivity index (χ4v) is 5.94. The maximum Gasteiger partial charge on any atom is 0.264 e. The smallest absolute Gasteiger partial charge is 0.264 e. The average molecular weight is 442 g/mol. The molecule has 0 saturated carbocycles. The first-order valence-corrected chi connectivity index (χ1v) is 11.4. The fraction of sp³-hybridized carbons (Fsp3) is 0.522. The summed E-state index contributed by atoms with van der Waals surface area (Å²) < 4.78 is 7.34. The summed E-state index contributed by atoms with van der Waals surface area (Å²) in [6.07, 6.45) is 2.01. The normalized spacial score (nSPS) is 18.3. The van der Waals surface area contributed by atoms with Gasteiger partial charge >= 0.3 is 0 Å². The predicted octanol–water partition coefficient (Wildman–Crippen LogP) is 3.81. The monoisotopic (exact) mass is 441 g/mol. The number of benzene rings is 1. The van der Waals surface area contributed by atoms with Crippen molar-refractivity contribution in [1.82, 2.24) is 20.1 Å². The van der Waals surface area contributed by atoms with Crippen LogP contribution in [0.3, 0.4) is 0 Å². The van der Waals surface area contributed by atoms with E-state index in [9.17, 15) is 4.79 Å². The molecule has 0 bridgehead atoms. The Hall–Kier alpha value is -2.45. The highest BCUT2D eigenvalue weighted by molar-refractivity contribution is 7.18. The summed E-state index contributed by atoms with van der Waals surface area (Å²) in [4.78, 5) is 15.4. The van der Waals surface area contributed by atoms with Crippen molar-refractivity contribution in [1.29, 1.82) is 0 Å². The summed E-state index contributed by atoms with van der Waals surface area (Å²) in [5.74, 6) is 0.549. The number of para-hydroxylation sites is 1. The van der Waals surface area contributed by atoms with Gasteiger partial charge in [-0.25, -0.2) is 0 Å². The Morgan fingerprint density at radius 2 is 1.81 bits per heavy atom. The van der Waals surface area contributed by atoms with E-state index in [1.807, 2.05) is 24.3 Å². The molecule has 8 heteroatoms. The predicted molar refractivity (Wildman–Crippen MR) is 127 cm³/mol. The van der Waals surface area contributed by atoms with Crippen LogP contribution in [0.4, 0.5) is 5.13 Å². The number of hydrogen-bond donors (Lipinski definition) is 1. The lowest BCUT2D eigenvalue weighted by Gasteiger charge is -2.48. The van der Waals surface area contributed by atoms with E-state index in [1.165, 1.54) is 11.3 Å². The first kappa shape index (κ1) is 21.8. The quantitative estimate of drug-likeness (QED) is 0.664. The summed E-state index contributed by atoms with van der Waals surface area (Å²) in [5, 5.41) is 14.9. The van der Waals surface area contributed by atoms with E-state index in [0.29, 0.717) is 22.4 Å². The number of ether oxygens (including phenoxy) is 1. The van der Waals surface area contributed by atoms with Crippen LogP contribution >= 0.6 is 11.3 Å². The minimum Gasteiger partial charge on any atom is -0.495 e. The number of pyridine rings is 1. The molecule has 0 spiro atoms. The lowest BCUT2D eigenvalue weighted by atomic mass is 9.79. The zero-order valence-electron chi connectivity index (χ0n) is 19.3. The second kappa shape index (κ2) is 7.60. The molecule has 0 unspecified atom stereocenters. The van der Waals surface area contributed by atoms with Crippen molar-refractivity contribution in [3.63, 3.8) is 0 Å². The van der Waals surface area contributed by atoms with Gasteiger partial charge in [0, 0.05) is 36.6 Å². The number of nitrogens with zero attached hydrogens (tertiary/aromatic N) is 4. The lowest BCUT2D eigenvalue weighted by Crippen LogP contribution is -2.61. The van der Waals surface area contributed by atoms with E-state index in [2.05, 4.69) is 55.2 Å². The topological polar surface area (TPSA) is 72.3 Å². The van der Waals surface area contributed by atoms with Gasteiger partial charge in [0.2, 0.25) is 5.13 Å². The van der Waals surface area contributed by atoms with Crippen LogP contribution in [0, 0.1) is 0 Å². The van der Waals surface area contributed by atoms with Gasteiger partial charge in [-0.05, 0) is 52.7 Å². The third-order valence-electron chi connectivity index (χ3n) is 6.11. The zero-order chi connectivity index (χ0) is 22.6. The second-order valence-corrected chi connectivity index (χ2v) is 10.7. The Labute approximate surface area is 187 Å². The highest BCUT2D eigenvalue weighted by Gasteiger charge is 2.40. The average Bonchev–Trinajstić information content (AvgIpc) is 3.17. The molecule has 0 atom stereocenters. The Balaban J connectivity index is 1.75. The van der Waals surface area contributed by atoms with Crippen LogP contribution in [0.25, 0.3) is 21.5 Å². The molecule has 1 fully saturated rings. The SMILES string of the molecule is COc1c(-c2nnc(N(C)C3CC(C)(C)NC(C)(C)C3)s2)c(=O)n(C)c2ccccc12. The minimum atomic E-state index is -0.134. The third kappa shape index (κ3) is 3.94. The van der Waals surface area contributed by atoms with E-state index in [4.69, 9.17) is 4.74 Å². The number of hydrogen-bond acceptors (Lipinski definition) is 7. The standard InChI is InChI=1S/C23H31N5O2S/c1-22(2)12-14(13-23(3,4)26-22)27(5)21-25-24-19(31-21)17-18(30-7)15-10-8-9-11-16(15)28(6)20(17)29/h8-11,14,26H,12-13H2,1-7H3. The number of piperidine rings is 1. The molecule has 166 valence electrons. The van der Waals surface area contributed by atoms with E-state index in [1.54, 1.807) is 18.7 Å². The highest BCUT2D eigenvalue weighted by Crippen LogP contribution is 2.39. The molecule has 7 nitrogen and oxygen atoms in total. The van der Waals surface area contributed by atoms with E-state index in [-0.39, 0.29) is 16.6 Å². The van der Waals surface area contributed by atoms with Crippen LogP contribution in [0.15, 0.2) is 29.1 Å². The molecule has 1 saturated heterocycles.